The summed E-state index contributed by atoms with van der Waals surface area (Å²) in [5, 5.41) is 0. The van der Waals surface area contributed by atoms with Gasteiger partial charge in [-0.3, -0.25) is 4.90 Å². The normalized spacial score (nSPS) is 21.9. The summed E-state index contributed by atoms with van der Waals surface area (Å²) in [6, 6.07) is 10.8. The highest BCUT2D eigenvalue weighted by Gasteiger charge is 2.34. The van der Waals surface area contributed by atoms with E-state index in [-0.39, 0.29) is 16.9 Å². The lowest BCUT2D eigenvalue weighted by Crippen LogP contribution is -2.41. The molecule has 0 atom stereocenters. The van der Waals surface area contributed by atoms with Crippen LogP contribution in [0, 0.1) is 17.6 Å². The molecule has 8 heteroatoms. The third kappa shape index (κ3) is 5.25. The molecule has 2 aromatic rings. The molecule has 5 nitrogen and oxygen atoms in total. The summed E-state index contributed by atoms with van der Waals surface area (Å²) >= 11 is 0. The molecule has 2 fully saturated rings. The first-order valence-electron chi connectivity index (χ1n) is 10.7. The van der Waals surface area contributed by atoms with E-state index < -0.39 is 21.7 Å². The highest BCUT2D eigenvalue weighted by molar-refractivity contribution is 7.89. The number of hydrogen-bond acceptors (Lipinski definition) is 4. The van der Waals surface area contributed by atoms with Gasteiger partial charge < -0.3 is 4.74 Å². The highest BCUT2D eigenvalue weighted by Crippen LogP contribution is 2.33. The molecule has 1 saturated carbocycles. The van der Waals surface area contributed by atoms with Crippen LogP contribution in [0.25, 0.3) is 0 Å². The van der Waals surface area contributed by atoms with Crippen LogP contribution < -0.4 is 4.74 Å². The second-order valence-electron chi connectivity index (χ2n) is 8.57. The molecule has 0 aromatic heterocycles. The Balaban J connectivity index is 1.25. The van der Waals surface area contributed by atoms with E-state index in [0.29, 0.717) is 6.54 Å². The zero-order chi connectivity index (χ0) is 22.0. The van der Waals surface area contributed by atoms with Crippen LogP contribution in [0.4, 0.5) is 8.78 Å². The summed E-state index contributed by atoms with van der Waals surface area (Å²) in [6.45, 7) is 3.63. The predicted molar refractivity (Wildman–Crippen MR) is 114 cm³/mol. The molecule has 2 aromatic carbocycles. The lowest BCUT2D eigenvalue weighted by atomic mass is 9.82. The van der Waals surface area contributed by atoms with Crippen molar-refractivity contribution in [2.75, 3.05) is 26.7 Å². The standard InChI is InChI=1S/C23H28F2N2O3S/c1-26(31(28,29)21-8-9-22(24)23(25)14-21)15-18-12-20(13-18)30-19-6-4-17(5-7-19)16-27-10-2-3-11-27/h4-9,14,18,20H,2-3,10-13,15-16H2,1H3. The third-order valence-corrected chi connectivity index (χ3v) is 7.96. The molecular formula is C23H28F2N2O3S. The van der Waals surface area contributed by atoms with Crippen molar-refractivity contribution in [1.29, 1.82) is 0 Å². The lowest BCUT2D eigenvalue weighted by molar-refractivity contribution is 0.0575. The third-order valence-electron chi connectivity index (χ3n) is 6.14. The Morgan fingerprint density at radius 2 is 1.71 bits per heavy atom. The van der Waals surface area contributed by atoms with Crippen LogP contribution >= 0.6 is 0 Å². The number of hydrogen-bond donors (Lipinski definition) is 0. The van der Waals surface area contributed by atoms with Gasteiger partial charge in [0, 0.05) is 20.1 Å². The number of nitrogens with zero attached hydrogens (tertiary/aromatic N) is 2. The van der Waals surface area contributed by atoms with Crippen LogP contribution in [0.5, 0.6) is 5.75 Å². The maximum Gasteiger partial charge on any atom is 0.242 e. The van der Waals surface area contributed by atoms with Gasteiger partial charge in [-0.1, -0.05) is 12.1 Å². The minimum absolute atomic E-state index is 0.0637. The van der Waals surface area contributed by atoms with E-state index >= 15 is 0 Å². The van der Waals surface area contributed by atoms with Gasteiger partial charge in [0.25, 0.3) is 0 Å². The number of likely N-dealkylation sites (tertiary alicyclic amines) is 1. The Labute approximate surface area is 182 Å². The number of benzene rings is 2. The first-order valence-corrected chi connectivity index (χ1v) is 12.1. The smallest absolute Gasteiger partial charge is 0.242 e. The van der Waals surface area contributed by atoms with Crippen molar-refractivity contribution in [1.82, 2.24) is 9.21 Å². The van der Waals surface area contributed by atoms with Crippen molar-refractivity contribution < 1.29 is 21.9 Å². The molecule has 1 saturated heterocycles. The van der Waals surface area contributed by atoms with Gasteiger partial charge in [0.05, 0.1) is 11.0 Å². The fourth-order valence-corrected chi connectivity index (χ4v) is 5.52. The molecule has 0 radical (unpaired) electrons. The predicted octanol–water partition coefficient (Wildman–Crippen LogP) is 4.04. The number of sulfonamides is 1. The first kappa shape index (κ1) is 22.2. The molecular weight excluding hydrogens is 422 g/mol. The summed E-state index contributed by atoms with van der Waals surface area (Å²) in [4.78, 5) is 2.21. The van der Waals surface area contributed by atoms with Gasteiger partial charge in [0.15, 0.2) is 11.6 Å². The molecule has 0 unspecified atom stereocenters. The summed E-state index contributed by atoms with van der Waals surface area (Å²) in [5.41, 5.74) is 1.28. The van der Waals surface area contributed by atoms with Gasteiger partial charge in [-0.25, -0.2) is 21.5 Å². The molecule has 2 aliphatic rings. The van der Waals surface area contributed by atoms with Gasteiger partial charge in [-0.2, -0.15) is 0 Å². The van der Waals surface area contributed by atoms with E-state index in [2.05, 4.69) is 17.0 Å². The second kappa shape index (κ2) is 9.22. The second-order valence-corrected chi connectivity index (χ2v) is 10.6. The van der Waals surface area contributed by atoms with Crippen molar-refractivity contribution in [3.63, 3.8) is 0 Å². The van der Waals surface area contributed by atoms with Crippen LogP contribution in [0.15, 0.2) is 47.4 Å². The van der Waals surface area contributed by atoms with Crippen LogP contribution in [0.1, 0.15) is 31.2 Å². The molecule has 1 aliphatic carbocycles. The summed E-state index contributed by atoms with van der Waals surface area (Å²) < 4.78 is 58.9. The Morgan fingerprint density at radius 1 is 1.03 bits per heavy atom. The van der Waals surface area contributed by atoms with Gasteiger partial charge in [0.1, 0.15) is 5.75 Å². The fraction of sp³-hybridized carbons (Fsp3) is 0.478. The molecule has 0 bridgehead atoms. The average Bonchev–Trinajstić information content (AvgIpc) is 3.22. The summed E-state index contributed by atoms with van der Waals surface area (Å²) in [7, 11) is -2.40. The van der Waals surface area contributed by atoms with Gasteiger partial charge in [-0.15, -0.1) is 0 Å². The Bertz CT molecular complexity index is 1000. The first-order chi connectivity index (χ1) is 14.8. The Morgan fingerprint density at radius 3 is 2.35 bits per heavy atom. The van der Waals surface area contributed by atoms with Crippen LogP contribution in [0.3, 0.4) is 0 Å². The van der Waals surface area contributed by atoms with Gasteiger partial charge in [0.2, 0.25) is 10.0 Å². The SMILES string of the molecule is CN(CC1CC(Oc2ccc(CN3CCCC3)cc2)C1)S(=O)(=O)c1ccc(F)c(F)c1. The van der Waals surface area contributed by atoms with E-state index in [1.807, 2.05) is 12.1 Å². The Kier molecular flexibility index (Phi) is 6.60. The van der Waals surface area contributed by atoms with Crippen molar-refractivity contribution in [3.8, 4) is 5.75 Å². The molecule has 168 valence electrons. The van der Waals surface area contributed by atoms with Gasteiger partial charge in [-0.05, 0) is 80.6 Å². The van der Waals surface area contributed by atoms with E-state index in [1.54, 1.807) is 0 Å². The van der Waals surface area contributed by atoms with Gasteiger partial charge >= 0.3 is 0 Å². The number of ether oxygens (including phenoxy) is 1. The average molecular weight is 451 g/mol. The molecule has 1 heterocycles. The number of rotatable bonds is 8. The monoisotopic (exact) mass is 450 g/mol. The van der Waals surface area contributed by atoms with E-state index in [4.69, 9.17) is 4.74 Å². The van der Waals surface area contributed by atoms with Crippen LogP contribution in [-0.4, -0.2) is 50.4 Å². The molecule has 0 spiro atoms. The van der Waals surface area contributed by atoms with Crippen molar-refractivity contribution in [3.05, 3.63) is 59.7 Å². The fourth-order valence-electron chi connectivity index (χ4n) is 4.26. The highest BCUT2D eigenvalue weighted by atomic mass is 32.2. The molecule has 0 amide bonds. The maximum atomic E-state index is 13.4. The number of halogens is 2. The van der Waals surface area contributed by atoms with Crippen molar-refractivity contribution in [2.24, 2.45) is 5.92 Å². The lowest BCUT2D eigenvalue weighted by Gasteiger charge is -2.37. The van der Waals surface area contributed by atoms with E-state index in [1.165, 1.54) is 42.8 Å². The van der Waals surface area contributed by atoms with Crippen molar-refractivity contribution >= 4 is 10.0 Å². The maximum absolute atomic E-state index is 13.4. The Hall–Kier alpha value is -2.03. The molecule has 0 N–H and O–H groups in total. The van der Waals surface area contributed by atoms with Crippen molar-refractivity contribution in [2.45, 2.75) is 43.2 Å². The minimum Gasteiger partial charge on any atom is -0.490 e. The molecule has 31 heavy (non-hydrogen) atoms. The zero-order valence-electron chi connectivity index (χ0n) is 17.6. The largest absolute Gasteiger partial charge is 0.490 e. The summed E-state index contributed by atoms with van der Waals surface area (Å²) in [6.07, 6.45) is 4.14. The zero-order valence-corrected chi connectivity index (χ0v) is 18.5. The topological polar surface area (TPSA) is 49.9 Å². The van der Waals surface area contributed by atoms with E-state index in [9.17, 15) is 17.2 Å². The minimum atomic E-state index is -3.86. The van der Waals surface area contributed by atoms with E-state index in [0.717, 1.165) is 43.3 Å². The van der Waals surface area contributed by atoms with Crippen LogP contribution in [-0.2, 0) is 16.6 Å². The quantitative estimate of drug-likeness (QED) is 0.609. The van der Waals surface area contributed by atoms with Crippen LogP contribution in [0.2, 0.25) is 0 Å². The molecule has 1 aliphatic heterocycles. The molecule has 4 rings (SSSR count). The summed E-state index contributed by atoms with van der Waals surface area (Å²) in [5.74, 6) is -1.23.